The molecule has 0 spiro atoms. The number of aromatic amines is 3. The minimum Gasteiger partial charge on any atom is -0.508 e. The molecular formula is C89H118N20O25S. The smallest absolute Gasteiger partial charge is 0.305 e. The summed E-state index contributed by atoms with van der Waals surface area (Å²) < 4.78 is 5.39. The zero-order chi connectivity index (χ0) is 98.6. The number of nitrogens with zero attached hydrogens (tertiary/aromatic N) is 6. The number of carboxylic acids is 2. The zero-order valence-electron chi connectivity index (χ0n) is 75.5. The fourth-order valence-corrected chi connectivity index (χ4v) is 17.3. The summed E-state index contributed by atoms with van der Waals surface area (Å²) in [7, 11) is 4.93. The van der Waals surface area contributed by atoms with Gasteiger partial charge < -0.3 is 129 Å². The highest BCUT2D eigenvalue weighted by molar-refractivity contribution is 8.00. The van der Waals surface area contributed by atoms with Crippen LogP contribution in [0.4, 0.5) is 0 Å². The second kappa shape index (κ2) is 49.7. The number of benzene rings is 3. The summed E-state index contributed by atoms with van der Waals surface area (Å²) in [6.07, 6.45) is -1.57. The number of Topliss-reactive ketones (excluding diaryl/α,β-unsaturated/α-hetero) is 1. The van der Waals surface area contributed by atoms with E-state index in [1.165, 1.54) is 64.9 Å². The van der Waals surface area contributed by atoms with Crippen LogP contribution in [-0.4, -0.2) is 339 Å². The minimum atomic E-state index is -1.96. The summed E-state index contributed by atoms with van der Waals surface area (Å²) in [6, 6.07) is -2.70. The molecular weight excluding hydrogens is 1780 g/mol. The van der Waals surface area contributed by atoms with Crippen LogP contribution in [0.15, 0.2) is 97.7 Å². The van der Waals surface area contributed by atoms with Crippen LogP contribution in [0.25, 0.3) is 21.8 Å². The number of nitrogens with one attached hydrogen (secondary N) is 12. The van der Waals surface area contributed by atoms with Gasteiger partial charge in [0.2, 0.25) is 94.5 Å². The molecule has 3 fully saturated rings. The normalized spacial score (nSPS) is 24.8. The maximum atomic E-state index is 15.7. The van der Waals surface area contributed by atoms with E-state index < -0.39 is 285 Å². The van der Waals surface area contributed by atoms with Crippen molar-refractivity contribution in [2.45, 2.75) is 208 Å². The number of carbonyl (C=O) groups is 19. The summed E-state index contributed by atoms with van der Waals surface area (Å²) >= 11 is 0.673. The molecule has 45 nitrogen and oxygen atoms in total. The summed E-state index contributed by atoms with van der Waals surface area (Å²) in [6.45, 7) is 0.0529. The Hall–Kier alpha value is -13.9. The van der Waals surface area contributed by atoms with E-state index in [1.54, 1.807) is 67.8 Å². The number of imidazole rings is 1. The van der Waals surface area contributed by atoms with Crippen LogP contribution >= 0.6 is 11.8 Å². The number of fused-ring (bicyclic) bond motifs is 4. The lowest BCUT2D eigenvalue weighted by Gasteiger charge is -2.36. The van der Waals surface area contributed by atoms with Gasteiger partial charge in [0.25, 0.3) is 0 Å². The Bertz CT molecular complexity index is 5280. The molecule has 3 saturated heterocycles. The number of aliphatic hydroxyl groups is 2. The predicted molar refractivity (Wildman–Crippen MR) is 483 cm³/mol. The number of nitrogens with two attached hydrogens (primary N) is 2. The Morgan fingerprint density at radius 2 is 1.16 bits per heavy atom. The van der Waals surface area contributed by atoms with Gasteiger partial charge in [0.05, 0.1) is 49.5 Å². The number of carbonyl (C=O) groups excluding carboxylic acids is 17. The summed E-state index contributed by atoms with van der Waals surface area (Å²) in [4.78, 5) is 292. The summed E-state index contributed by atoms with van der Waals surface area (Å²) in [5.41, 5.74) is 13.7. The lowest BCUT2D eigenvalue weighted by molar-refractivity contribution is -0.149. The molecule has 0 unspecified atom stereocenters. The van der Waals surface area contributed by atoms with Crippen molar-refractivity contribution < 1.29 is 121 Å². The number of aliphatic carboxylic acids is 2. The monoisotopic (exact) mass is 1900 g/mol. The molecule has 730 valence electrons. The van der Waals surface area contributed by atoms with Crippen molar-refractivity contribution in [2.24, 2.45) is 17.4 Å². The van der Waals surface area contributed by atoms with Gasteiger partial charge in [-0.25, -0.2) is 4.98 Å². The lowest BCUT2D eigenvalue weighted by Crippen LogP contribution is -2.61. The van der Waals surface area contributed by atoms with Gasteiger partial charge in [-0.15, -0.1) is 11.8 Å². The van der Waals surface area contributed by atoms with Gasteiger partial charge >= 0.3 is 11.9 Å². The quantitative estimate of drug-likeness (QED) is 0.0250. The first-order valence-corrected chi connectivity index (χ1v) is 45.3. The van der Waals surface area contributed by atoms with Gasteiger partial charge in [-0.05, 0) is 86.4 Å². The molecule has 135 heavy (non-hydrogen) atoms. The molecule has 0 aliphatic carbocycles. The van der Waals surface area contributed by atoms with Gasteiger partial charge in [0.1, 0.15) is 78.3 Å². The van der Waals surface area contributed by atoms with E-state index in [9.17, 15) is 78.3 Å². The van der Waals surface area contributed by atoms with Gasteiger partial charge in [-0.1, -0.05) is 68.3 Å². The predicted octanol–water partition coefficient (Wildman–Crippen LogP) is -3.57. The number of aromatic nitrogens is 4. The molecule has 6 aromatic rings. The number of unbranched alkanes of at least 4 members (excludes halogenated alkanes) is 1. The van der Waals surface area contributed by atoms with E-state index in [4.69, 9.17) is 16.2 Å². The van der Waals surface area contributed by atoms with Crippen molar-refractivity contribution in [3.8, 4) is 5.75 Å². The maximum Gasteiger partial charge on any atom is 0.305 e. The topological polar surface area (TPSA) is 671 Å². The van der Waals surface area contributed by atoms with Crippen LogP contribution < -0.4 is 59.3 Å². The zero-order valence-corrected chi connectivity index (χ0v) is 76.3. The van der Waals surface area contributed by atoms with E-state index in [2.05, 4.69) is 67.8 Å². The maximum absolute atomic E-state index is 15.7. The van der Waals surface area contributed by atoms with E-state index in [0.29, 0.717) is 56.7 Å². The van der Waals surface area contributed by atoms with E-state index in [0.717, 1.165) is 31.5 Å². The third kappa shape index (κ3) is 29.1. The SMILES string of the molecule is CCCC[C@H]1C(=O)N(C)[C@@H](CCOC)C(=O)N[C@@H](CCC(=O)O)C(=O)N[C@H](C(=O)NCC(N)=O)CSCC(=O)N[C@@H](Cc2ccc(O)cc2)C(=O)N(C)[C@@H](C)C(=O)N[C@@H](CC(=O)O)C(=O)N2CCC[C@H]2C(=O)N[C@@H](Cc2c[nH]cn2)C(=O)N[C@@H](CCC(N)=O)C(=O)N2C[C@H](O)C[C@H]2C(=O)C[C@@H](Cc2c[nH]c3ccccc23)C(=O)N[C@@H](CO)C(=O)N[C@@H](Cc2c[nH]c3ccccc23)C(=O)N1C. The van der Waals surface area contributed by atoms with Crippen molar-refractivity contribution in [3.63, 3.8) is 0 Å². The number of hydrogen-bond acceptors (Lipinski definition) is 25. The van der Waals surface area contributed by atoms with Gasteiger partial charge in [-0.2, -0.15) is 0 Å². The molecule has 16 amide bonds. The third-order valence-electron chi connectivity index (χ3n) is 24.0. The lowest BCUT2D eigenvalue weighted by atomic mass is 9.90. The molecule has 6 heterocycles. The number of aliphatic hydroxyl groups excluding tert-OH is 2. The number of thioether (sulfide) groups is 1. The van der Waals surface area contributed by atoms with E-state index in [1.807, 2.05) is 0 Å². The van der Waals surface area contributed by atoms with E-state index >= 15 is 38.4 Å². The number of rotatable bonds is 26. The number of likely N-dealkylation sites (N-methyl/N-ethyl adjacent to an activating group) is 3. The fraction of sp³-hybridized carbons (Fsp3) is 0.506. The molecule has 21 N–H and O–H groups in total. The number of carboxylic acid groups (broad SMARTS) is 2. The molecule has 0 saturated carbocycles. The van der Waals surface area contributed by atoms with Crippen LogP contribution in [-0.2, 0) is 122 Å². The molecule has 3 aromatic carbocycles. The Morgan fingerprint density at radius 3 is 1.78 bits per heavy atom. The highest BCUT2D eigenvalue weighted by Gasteiger charge is 2.47. The number of primary amides is 2. The van der Waals surface area contributed by atoms with Crippen molar-refractivity contribution in [2.75, 3.05) is 72.6 Å². The van der Waals surface area contributed by atoms with Crippen LogP contribution in [0.3, 0.4) is 0 Å². The number of amides is 16. The third-order valence-corrected chi connectivity index (χ3v) is 25.0. The first-order chi connectivity index (χ1) is 64.3. The number of ether oxygens (including phenoxy) is 1. The molecule has 3 aliphatic heterocycles. The first-order valence-electron chi connectivity index (χ1n) is 44.1. The van der Waals surface area contributed by atoms with Crippen molar-refractivity contribution in [3.05, 3.63) is 120 Å². The highest BCUT2D eigenvalue weighted by atomic mass is 32.2. The second-order valence-corrected chi connectivity index (χ2v) is 34.7. The van der Waals surface area contributed by atoms with Gasteiger partial charge in [0, 0.05) is 151 Å². The number of phenolic OH excluding ortho intramolecular Hbond substituents is 1. The van der Waals surface area contributed by atoms with Crippen LogP contribution in [0.1, 0.15) is 120 Å². The Labute approximate surface area is 779 Å². The summed E-state index contributed by atoms with van der Waals surface area (Å²) in [5, 5.41) is 77.0. The fourth-order valence-electron chi connectivity index (χ4n) is 16.5. The molecule has 15 atom stereocenters. The largest absolute Gasteiger partial charge is 0.508 e. The molecule has 0 bridgehead atoms. The minimum absolute atomic E-state index is 0.0893. The highest BCUT2D eigenvalue weighted by Crippen LogP contribution is 2.30. The van der Waals surface area contributed by atoms with Crippen LogP contribution in [0.5, 0.6) is 5.75 Å². The number of hydrogen-bond donors (Lipinski definition) is 19. The standard InChI is InChI=1S/C89H118N20O25S/c1-7-8-18-69-89(133)106(4)67(28-30-134-6)83(127)98-59(25-27-75(117)118)80(124)104-66(79(123)95-41-73(91)115)44-135-45-74(116)97-62(31-48-20-22-53(111)23-21-48)85(129)105(3)47(2)77(121)101-64(37-76(119)120)88(132)108-29-13-19-68(108)84(128)100-61(35-52-40-92-46-96-52)81(125)99-60(24-26-72(90)114)87(131)109-42-54(112)36-70(109)71(113)34-49(32-50-38-93-57-16-11-9-14-55(50)57)78(122)103-65(43-110)82(126)102-63(86(130)107(69)5)33-51-39-94-58-17-12-10-15-56(51)58/h9-12,14-17,20-23,38-40,46-47,49,54,59-70,93-94,110-112H,7-8,13,18-19,24-37,41-45H2,1-6H3,(H2,90,114)(H2,91,115)(H,92,96)(H,95,123)(H,97,116)(H,98,127)(H,99,125)(H,100,128)(H,101,121)(H,102,126)(H,103,122)(H,104,124)(H,117,118)(H,119,120)/t47-,49+,54+,59-,60-,61-,62-,63-,64-,65-,66-,67-,68-,69-,70-/m0/s1. The van der Waals surface area contributed by atoms with Crippen molar-refractivity contribution in [1.82, 2.24) is 92.3 Å². The Kier molecular flexibility index (Phi) is 38.6. The molecule has 9 rings (SSSR count). The average Bonchev–Trinajstić information content (AvgIpc) is 1.66. The molecule has 46 heteroatoms. The summed E-state index contributed by atoms with van der Waals surface area (Å²) in [5.74, 6) is -23.4. The first kappa shape index (κ1) is 105. The molecule has 3 aliphatic rings. The molecule has 3 aromatic heterocycles. The van der Waals surface area contributed by atoms with Gasteiger partial charge in [0.15, 0.2) is 5.78 Å². The van der Waals surface area contributed by atoms with Crippen molar-refractivity contribution >= 4 is 146 Å². The van der Waals surface area contributed by atoms with Crippen LogP contribution in [0, 0.1) is 5.92 Å². The number of phenols is 1. The number of H-pyrrole nitrogens is 3. The number of methoxy groups -OCH3 is 1. The average molecular weight is 1900 g/mol. The number of ketones is 1. The van der Waals surface area contributed by atoms with E-state index in [-0.39, 0.29) is 76.0 Å². The Morgan fingerprint density at radius 1 is 0.570 bits per heavy atom. The van der Waals surface area contributed by atoms with Crippen LogP contribution in [0.2, 0.25) is 0 Å². The number of aromatic hydroxyl groups is 1. The molecule has 0 radical (unpaired) electrons. The Balaban J connectivity index is 1.10. The van der Waals surface area contributed by atoms with Crippen molar-refractivity contribution in [1.29, 1.82) is 0 Å². The second-order valence-electron chi connectivity index (χ2n) is 33.7. The number of para-hydroxylation sites is 2. The van der Waals surface area contributed by atoms with Gasteiger partial charge in [-0.3, -0.25) is 91.1 Å².